The van der Waals surface area contributed by atoms with Gasteiger partial charge < -0.3 is 10.1 Å². The molecule has 0 radical (unpaired) electrons. The third-order valence-electron chi connectivity index (χ3n) is 4.11. The van der Waals surface area contributed by atoms with Crippen molar-refractivity contribution in [2.24, 2.45) is 11.8 Å². The fraction of sp³-hybridized carbons (Fsp3) is 1.00. The summed E-state index contributed by atoms with van der Waals surface area (Å²) in [6.45, 7) is 6.54. The molecule has 0 aliphatic heterocycles. The quantitative estimate of drug-likeness (QED) is 0.721. The summed E-state index contributed by atoms with van der Waals surface area (Å²) >= 11 is 0. The molecule has 0 aromatic carbocycles. The molecule has 0 aromatic rings. The molecule has 96 valence electrons. The van der Waals surface area contributed by atoms with Crippen LogP contribution in [-0.2, 0) is 4.74 Å². The van der Waals surface area contributed by atoms with Crippen LogP contribution < -0.4 is 5.32 Å². The van der Waals surface area contributed by atoms with E-state index in [1.54, 1.807) is 7.11 Å². The van der Waals surface area contributed by atoms with Crippen molar-refractivity contribution < 1.29 is 4.74 Å². The highest BCUT2D eigenvalue weighted by atomic mass is 16.5. The monoisotopic (exact) mass is 227 g/mol. The molecule has 2 nitrogen and oxygen atoms in total. The Balaban J connectivity index is 2.51. The van der Waals surface area contributed by atoms with E-state index in [0.29, 0.717) is 6.04 Å². The lowest BCUT2D eigenvalue weighted by Gasteiger charge is -2.37. The average Bonchev–Trinajstić information content (AvgIpc) is 2.34. The summed E-state index contributed by atoms with van der Waals surface area (Å²) in [6, 6.07) is 0.676. The topological polar surface area (TPSA) is 21.3 Å². The first kappa shape index (κ1) is 14.0. The van der Waals surface area contributed by atoms with Crippen LogP contribution in [0.5, 0.6) is 0 Å². The lowest BCUT2D eigenvalue weighted by Crippen LogP contribution is -2.41. The molecular formula is C14H29NO. The fourth-order valence-electron chi connectivity index (χ4n) is 3.25. The van der Waals surface area contributed by atoms with Crippen LogP contribution in [0, 0.1) is 11.8 Å². The van der Waals surface area contributed by atoms with Gasteiger partial charge in [0.1, 0.15) is 0 Å². The molecule has 3 unspecified atom stereocenters. The predicted molar refractivity (Wildman–Crippen MR) is 69.7 cm³/mol. The first-order chi connectivity index (χ1) is 7.83. The highest BCUT2D eigenvalue weighted by Gasteiger charge is 2.29. The van der Waals surface area contributed by atoms with E-state index in [1.807, 2.05) is 0 Å². The number of methoxy groups -OCH3 is 1. The second-order valence-electron chi connectivity index (χ2n) is 5.06. The van der Waals surface area contributed by atoms with E-state index in [-0.39, 0.29) is 0 Å². The Morgan fingerprint density at radius 2 is 2.00 bits per heavy atom. The van der Waals surface area contributed by atoms with Gasteiger partial charge in [0.05, 0.1) is 0 Å². The van der Waals surface area contributed by atoms with E-state index in [1.165, 1.54) is 38.5 Å². The van der Waals surface area contributed by atoms with Crippen LogP contribution in [-0.4, -0.2) is 26.3 Å². The van der Waals surface area contributed by atoms with Crippen molar-refractivity contribution >= 4 is 0 Å². The number of ether oxygens (including phenoxy) is 1. The molecule has 1 fully saturated rings. The largest absolute Gasteiger partial charge is 0.385 e. The minimum absolute atomic E-state index is 0.676. The molecule has 1 rings (SSSR count). The van der Waals surface area contributed by atoms with E-state index in [0.717, 1.165) is 25.0 Å². The van der Waals surface area contributed by atoms with Crippen molar-refractivity contribution in [3.05, 3.63) is 0 Å². The maximum Gasteiger partial charge on any atom is 0.0477 e. The third-order valence-corrected chi connectivity index (χ3v) is 4.11. The molecule has 0 saturated heterocycles. The standard InChI is InChI=1S/C14H29NO/c1-4-12-8-6-7-9-13(12)14(15-5-2)10-11-16-3/h12-15H,4-11H2,1-3H3. The Bertz CT molecular complexity index is 172. The Morgan fingerprint density at radius 1 is 1.25 bits per heavy atom. The van der Waals surface area contributed by atoms with Gasteiger partial charge in [0.2, 0.25) is 0 Å². The van der Waals surface area contributed by atoms with Gasteiger partial charge in [-0.25, -0.2) is 0 Å². The Labute approximate surface area is 101 Å². The molecule has 0 aromatic heterocycles. The van der Waals surface area contributed by atoms with Gasteiger partial charge in [-0.2, -0.15) is 0 Å². The molecule has 1 aliphatic rings. The smallest absolute Gasteiger partial charge is 0.0477 e. The van der Waals surface area contributed by atoms with E-state index in [2.05, 4.69) is 19.2 Å². The lowest BCUT2D eigenvalue weighted by molar-refractivity contribution is 0.130. The fourth-order valence-corrected chi connectivity index (χ4v) is 3.25. The van der Waals surface area contributed by atoms with Crippen LogP contribution in [0.3, 0.4) is 0 Å². The van der Waals surface area contributed by atoms with Crippen molar-refractivity contribution in [1.29, 1.82) is 0 Å². The maximum absolute atomic E-state index is 5.24. The van der Waals surface area contributed by atoms with E-state index in [9.17, 15) is 0 Å². The highest BCUT2D eigenvalue weighted by molar-refractivity contribution is 4.84. The summed E-state index contributed by atoms with van der Waals surface area (Å²) in [6.07, 6.45) is 8.25. The average molecular weight is 227 g/mol. The van der Waals surface area contributed by atoms with Gasteiger partial charge in [0.15, 0.2) is 0 Å². The molecule has 16 heavy (non-hydrogen) atoms. The first-order valence-corrected chi connectivity index (χ1v) is 7.05. The highest BCUT2D eigenvalue weighted by Crippen LogP contribution is 2.35. The molecule has 0 bridgehead atoms. The first-order valence-electron chi connectivity index (χ1n) is 7.05. The van der Waals surface area contributed by atoms with Crippen LogP contribution in [0.2, 0.25) is 0 Å². The van der Waals surface area contributed by atoms with Crippen LogP contribution in [0.15, 0.2) is 0 Å². The third kappa shape index (κ3) is 4.06. The van der Waals surface area contributed by atoms with Crippen molar-refractivity contribution in [2.45, 2.75) is 58.4 Å². The summed E-state index contributed by atoms with van der Waals surface area (Å²) in [5.41, 5.74) is 0. The number of nitrogens with one attached hydrogen (secondary N) is 1. The molecule has 2 heteroatoms. The Morgan fingerprint density at radius 3 is 2.62 bits per heavy atom. The van der Waals surface area contributed by atoms with Crippen LogP contribution in [0.4, 0.5) is 0 Å². The maximum atomic E-state index is 5.24. The normalized spacial score (nSPS) is 27.9. The van der Waals surface area contributed by atoms with E-state index >= 15 is 0 Å². The van der Waals surface area contributed by atoms with Gasteiger partial charge in [0, 0.05) is 19.8 Å². The van der Waals surface area contributed by atoms with Crippen LogP contribution in [0.25, 0.3) is 0 Å². The molecule has 0 heterocycles. The molecule has 1 aliphatic carbocycles. The molecule has 3 atom stereocenters. The molecule has 0 spiro atoms. The van der Waals surface area contributed by atoms with Gasteiger partial charge in [-0.15, -0.1) is 0 Å². The number of rotatable bonds is 7. The number of hydrogen-bond acceptors (Lipinski definition) is 2. The van der Waals surface area contributed by atoms with Crippen molar-refractivity contribution in [2.75, 3.05) is 20.3 Å². The van der Waals surface area contributed by atoms with Gasteiger partial charge in [0.25, 0.3) is 0 Å². The van der Waals surface area contributed by atoms with Gasteiger partial charge >= 0.3 is 0 Å². The zero-order valence-corrected chi connectivity index (χ0v) is 11.3. The zero-order valence-electron chi connectivity index (χ0n) is 11.3. The minimum atomic E-state index is 0.676. The second-order valence-corrected chi connectivity index (χ2v) is 5.06. The van der Waals surface area contributed by atoms with Crippen LogP contribution >= 0.6 is 0 Å². The summed E-state index contributed by atoms with van der Waals surface area (Å²) < 4.78 is 5.24. The minimum Gasteiger partial charge on any atom is -0.385 e. The van der Waals surface area contributed by atoms with Crippen LogP contribution in [0.1, 0.15) is 52.4 Å². The SMILES string of the molecule is CCNC(CCOC)C1CCCCC1CC. The van der Waals surface area contributed by atoms with Crippen molar-refractivity contribution in [3.8, 4) is 0 Å². The van der Waals surface area contributed by atoms with Crippen molar-refractivity contribution in [3.63, 3.8) is 0 Å². The summed E-state index contributed by atoms with van der Waals surface area (Å²) in [7, 11) is 1.81. The second kappa shape index (κ2) is 8.08. The molecular weight excluding hydrogens is 198 g/mol. The lowest BCUT2D eigenvalue weighted by atomic mass is 9.73. The van der Waals surface area contributed by atoms with Gasteiger partial charge in [-0.05, 0) is 31.2 Å². The Kier molecular flexibility index (Phi) is 7.06. The van der Waals surface area contributed by atoms with Crippen molar-refractivity contribution in [1.82, 2.24) is 5.32 Å². The predicted octanol–water partition coefficient (Wildman–Crippen LogP) is 3.22. The van der Waals surface area contributed by atoms with Gasteiger partial charge in [-0.3, -0.25) is 0 Å². The van der Waals surface area contributed by atoms with E-state index in [4.69, 9.17) is 4.74 Å². The Hall–Kier alpha value is -0.0800. The zero-order chi connectivity index (χ0) is 11.8. The number of hydrogen-bond donors (Lipinski definition) is 1. The molecule has 1 saturated carbocycles. The summed E-state index contributed by atoms with van der Waals surface area (Å²) in [5, 5.41) is 3.67. The van der Waals surface area contributed by atoms with E-state index < -0.39 is 0 Å². The molecule has 1 N–H and O–H groups in total. The van der Waals surface area contributed by atoms with Gasteiger partial charge in [-0.1, -0.05) is 39.5 Å². The summed E-state index contributed by atoms with van der Waals surface area (Å²) in [4.78, 5) is 0. The molecule has 0 amide bonds. The summed E-state index contributed by atoms with van der Waals surface area (Å²) in [5.74, 6) is 1.82.